The molecule has 0 aromatic heterocycles. The largest absolute Gasteiger partial charge is 0.369 e. The first-order chi connectivity index (χ1) is 15.6. The van der Waals surface area contributed by atoms with E-state index in [0.717, 1.165) is 44.0 Å². The number of nitrogens with one attached hydrogen (secondary N) is 1. The van der Waals surface area contributed by atoms with Crippen LogP contribution in [0.1, 0.15) is 28.4 Å². The normalized spacial score (nSPS) is 14.9. The monoisotopic (exact) mass is 538 g/mol. The van der Waals surface area contributed by atoms with Gasteiger partial charge in [0.2, 0.25) is 0 Å². The van der Waals surface area contributed by atoms with Gasteiger partial charge in [0.25, 0.3) is 5.91 Å². The molecule has 4 rings (SSSR count). The van der Waals surface area contributed by atoms with Crippen molar-refractivity contribution in [2.75, 3.05) is 31.1 Å². The highest BCUT2D eigenvalue weighted by molar-refractivity contribution is 14.1. The van der Waals surface area contributed by atoms with Crippen molar-refractivity contribution < 1.29 is 4.79 Å². The average Bonchev–Trinajstić information content (AvgIpc) is 2.84. The van der Waals surface area contributed by atoms with E-state index >= 15 is 0 Å². The number of amides is 1. The van der Waals surface area contributed by atoms with E-state index < -0.39 is 0 Å². The third-order valence-electron chi connectivity index (χ3n) is 5.70. The number of halogens is 1. The van der Waals surface area contributed by atoms with Crippen LogP contribution in [-0.4, -0.2) is 42.7 Å². The number of carbonyl (C=O) groups is 1. The quantitative estimate of drug-likeness (QED) is 0.280. The van der Waals surface area contributed by atoms with Crippen LogP contribution in [-0.2, 0) is 6.54 Å². The molecule has 32 heavy (non-hydrogen) atoms. The van der Waals surface area contributed by atoms with Gasteiger partial charge in [-0.25, -0.2) is 5.43 Å². The fourth-order valence-electron chi connectivity index (χ4n) is 3.78. The van der Waals surface area contributed by atoms with Crippen LogP contribution in [0.15, 0.2) is 84.0 Å². The van der Waals surface area contributed by atoms with Crippen molar-refractivity contribution in [2.24, 2.45) is 5.10 Å². The maximum Gasteiger partial charge on any atom is 0.271 e. The van der Waals surface area contributed by atoms with Crippen LogP contribution in [0, 0.1) is 3.57 Å². The molecule has 3 aromatic carbocycles. The van der Waals surface area contributed by atoms with E-state index in [-0.39, 0.29) is 5.91 Å². The molecule has 1 saturated heterocycles. The second-order valence-electron chi connectivity index (χ2n) is 7.94. The summed E-state index contributed by atoms with van der Waals surface area (Å²) in [6.07, 6.45) is 0. The Morgan fingerprint density at radius 2 is 1.50 bits per heavy atom. The topological polar surface area (TPSA) is 47.9 Å². The minimum atomic E-state index is -0.196. The first-order valence-electron chi connectivity index (χ1n) is 10.8. The molecule has 0 atom stereocenters. The van der Waals surface area contributed by atoms with Crippen LogP contribution in [0.4, 0.5) is 5.69 Å². The van der Waals surface area contributed by atoms with Gasteiger partial charge in [-0.15, -0.1) is 0 Å². The summed E-state index contributed by atoms with van der Waals surface area (Å²) in [5.41, 5.74) is 7.56. The molecule has 6 heteroatoms. The molecule has 0 radical (unpaired) electrons. The number of piperazine rings is 1. The van der Waals surface area contributed by atoms with E-state index in [1.807, 2.05) is 55.5 Å². The highest BCUT2D eigenvalue weighted by atomic mass is 127. The predicted molar refractivity (Wildman–Crippen MR) is 139 cm³/mol. The summed E-state index contributed by atoms with van der Waals surface area (Å²) >= 11 is 2.27. The maximum absolute atomic E-state index is 12.5. The zero-order valence-electron chi connectivity index (χ0n) is 18.2. The van der Waals surface area contributed by atoms with Crippen molar-refractivity contribution in [1.29, 1.82) is 0 Å². The van der Waals surface area contributed by atoms with Gasteiger partial charge in [-0.05, 0) is 77.0 Å². The maximum atomic E-state index is 12.5. The number of para-hydroxylation sites is 1. The molecule has 1 aliphatic heterocycles. The van der Waals surface area contributed by atoms with E-state index in [9.17, 15) is 4.79 Å². The molecule has 0 unspecified atom stereocenters. The molecule has 0 saturated carbocycles. The van der Waals surface area contributed by atoms with E-state index in [0.29, 0.717) is 5.56 Å². The first kappa shape index (κ1) is 22.5. The highest BCUT2D eigenvalue weighted by Crippen LogP contribution is 2.17. The van der Waals surface area contributed by atoms with Crippen LogP contribution >= 0.6 is 22.6 Å². The number of hydrazone groups is 1. The number of carbonyl (C=O) groups excluding carboxylic acids is 1. The highest BCUT2D eigenvalue weighted by Gasteiger charge is 2.17. The van der Waals surface area contributed by atoms with Crippen molar-refractivity contribution >= 4 is 39.9 Å². The Hall–Kier alpha value is -2.71. The zero-order valence-corrected chi connectivity index (χ0v) is 20.3. The molecule has 1 aliphatic rings. The van der Waals surface area contributed by atoms with E-state index in [4.69, 9.17) is 0 Å². The first-order valence-corrected chi connectivity index (χ1v) is 11.9. The predicted octanol–water partition coefficient (Wildman–Crippen LogP) is 4.77. The number of rotatable bonds is 6. The number of benzene rings is 3. The van der Waals surface area contributed by atoms with Crippen molar-refractivity contribution in [3.05, 3.63) is 99.1 Å². The SMILES string of the molecule is C/C(=N/NC(=O)c1ccc(CN2CCN(c3ccccc3)CC2)cc1)c1ccc(I)cc1. The molecule has 1 heterocycles. The van der Waals surface area contributed by atoms with Gasteiger partial charge in [0, 0.05) is 47.5 Å². The van der Waals surface area contributed by atoms with Crippen LogP contribution in [0.2, 0.25) is 0 Å². The van der Waals surface area contributed by atoms with Gasteiger partial charge in [-0.1, -0.05) is 42.5 Å². The number of anilines is 1. The Morgan fingerprint density at radius 3 is 2.16 bits per heavy atom. The third kappa shape index (κ3) is 5.95. The van der Waals surface area contributed by atoms with Gasteiger partial charge in [-0.2, -0.15) is 5.10 Å². The molecule has 0 bridgehead atoms. The Kier molecular flexibility index (Phi) is 7.55. The Balaban J connectivity index is 1.28. The molecule has 0 spiro atoms. The van der Waals surface area contributed by atoms with Crippen LogP contribution in [0.25, 0.3) is 0 Å². The Bertz CT molecular complexity index is 1060. The molecule has 164 valence electrons. The summed E-state index contributed by atoms with van der Waals surface area (Å²) in [6, 6.07) is 26.5. The lowest BCUT2D eigenvalue weighted by atomic mass is 10.1. The molecule has 1 N–H and O–H groups in total. The Morgan fingerprint density at radius 1 is 0.875 bits per heavy atom. The minimum Gasteiger partial charge on any atom is -0.369 e. The lowest BCUT2D eigenvalue weighted by Crippen LogP contribution is -2.45. The minimum absolute atomic E-state index is 0.196. The second kappa shape index (κ2) is 10.7. The van der Waals surface area contributed by atoms with Gasteiger partial charge in [0.05, 0.1) is 5.71 Å². The van der Waals surface area contributed by atoms with Crippen LogP contribution in [0.5, 0.6) is 0 Å². The lowest BCUT2D eigenvalue weighted by Gasteiger charge is -2.36. The summed E-state index contributed by atoms with van der Waals surface area (Å²) in [5, 5.41) is 4.25. The summed E-state index contributed by atoms with van der Waals surface area (Å²) in [4.78, 5) is 17.4. The second-order valence-corrected chi connectivity index (χ2v) is 9.19. The third-order valence-corrected chi connectivity index (χ3v) is 6.42. The van der Waals surface area contributed by atoms with Gasteiger partial charge in [0.1, 0.15) is 0 Å². The van der Waals surface area contributed by atoms with E-state index in [1.165, 1.54) is 14.8 Å². The molecule has 5 nitrogen and oxygen atoms in total. The van der Waals surface area contributed by atoms with Crippen LogP contribution in [0.3, 0.4) is 0 Å². The molecular weight excluding hydrogens is 511 g/mol. The smallest absolute Gasteiger partial charge is 0.271 e. The molecule has 1 amide bonds. The molecule has 1 fully saturated rings. The molecule has 3 aromatic rings. The molecular formula is C26H27IN4O. The summed E-state index contributed by atoms with van der Waals surface area (Å²) < 4.78 is 1.17. The van der Waals surface area contributed by atoms with Crippen molar-refractivity contribution in [3.8, 4) is 0 Å². The number of hydrogen-bond acceptors (Lipinski definition) is 4. The zero-order chi connectivity index (χ0) is 22.3. The van der Waals surface area contributed by atoms with Crippen LogP contribution < -0.4 is 10.3 Å². The molecule has 0 aliphatic carbocycles. The lowest BCUT2D eigenvalue weighted by molar-refractivity contribution is 0.0955. The fraction of sp³-hybridized carbons (Fsp3) is 0.231. The van der Waals surface area contributed by atoms with Gasteiger partial charge >= 0.3 is 0 Å². The van der Waals surface area contributed by atoms with Crippen molar-refractivity contribution in [1.82, 2.24) is 10.3 Å². The van der Waals surface area contributed by atoms with Gasteiger partial charge < -0.3 is 4.90 Å². The number of nitrogens with zero attached hydrogens (tertiary/aromatic N) is 3. The average molecular weight is 538 g/mol. The summed E-state index contributed by atoms with van der Waals surface area (Å²) in [5.74, 6) is -0.196. The van der Waals surface area contributed by atoms with Crippen molar-refractivity contribution in [3.63, 3.8) is 0 Å². The summed E-state index contributed by atoms with van der Waals surface area (Å²) in [7, 11) is 0. The number of hydrogen-bond donors (Lipinski definition) is 1. The summed E-state index contributed by atoms with van der Waals surface area (Å²) in [6.45, 7) is 6.91. The van der Waals surface area contributed by atoms with Gasteiger partial charge in [-0.3, -0.25) is 9.69 Å². The standard InChI is InChI=1S/C26H27IN4O/c1-20(22-11-13-24(27)14-12-22)28-29-26(32)23-9-7-21(8-10-23)19-30-15-17-31(18-16-30)25-5-3-2-4-6-25/h2-14H,15-19H2,1H3,(H,29,32)/b28-20-. The van der Waals surface area contributed by atoms with Gasteiger partial charge in [0.15, 0.2) is 0 Å². The van der Waals surface area contributed by atoms with E-state index in [1.54, 1.807) is 0 Å². The fourth-order valence-corrected chi connectivity index (χ4v) is 4.14. The Labute approximate surface area is 203 Å². The van der Waals surface area contributed by atoms with E-state index in [2.05, 4.69) is 73.2 Å². The van der Waals surface area contributed by atoms with Crippen molar-refractivity contribution in [2.45, 2.75) is 13.5 Å².